The van der Waals surface area contributed by atoms with E-state index in [4.69, 9.17) is 10.8 Å². The molecule has 0 aliphatic heterocycles. The van der Waals surface area contributed by atoms with E-state index in [2.05, 4.69) is 47.1 Å². The van der Waals surface area contributed by atoms with Crippen molar-refractivity contribution in [2.24, 2.45) is 0 Å². The van der Waals surface area contributed by atoms with Gasteiger partial charge in [0.15, 0.2) is 0 Å². The number of rotatable bonds is 10. The number of carboxylic acids is 2. The Bertz CT molecular complexity index is 1330. The minimum atomic E-state index is -1.31. The Labute approximate surface area is 216 Å². The van der Waals surface area contributed by atoms with Gasteiger partial charge in [-0.15, -0.1) is 0 Å². The van der Waals surface area contributed by atoms with E-state index in [1.165, 1.54) is 0 Å². The Morgan fingerprint density at radius 1 is 1.14 bits per heavy atom. The van der Waals surface area contributed by atoms with Crippen molar-refractivity contribution < 1.29 is 24.6 Å². The number of carbonyl (C=O) groups is 3. The first-order chi connectivity index (χ1) is 16.5. The molecule has 12 heteroatoms. The monoisotopic (exact) mass is 608 g/mol. The highest BCUT2D eigenvalue weighted by Gasteiger charge is 2.29. The lowest BCUT2D eigenvalue weighted by Crippen LogP contribution is -2.41. The van der Waals surface area contributed by atoms with Crippen LogP contribution in [0.1, 0.15) is 34.3 Å². The standard InChI is InChI=1S/C23H22Br2N4O6/c24-11-23(25,10-12-1-6-16-15(9-12)20(33)29-22(26)28-16)14-4-2-13(3-5-14)19(32)27-17(21(34)35)7-8-18(30)31/h1-6,9,17H,7-8,10-11H2,(H,27,32)(H,30,31)(H,34,35)(H3,26,28,29,33)/t17-,23?/m0/s1. The fraction of sp³-hybridized carbons (Fsp3) is 0.261. The van der Waals surface area contributed by atoms with Gasteiger partial charge in [-0.25, -0.2) is 9.78 Å². The van der Waals surface area contributed by atoms with Gasteiger partial charge < -0.3 is 21.3 Å². The molecular weight excluding hydrogens is 588 g/mol. The summed E-state index contributed by atoms with van der Waals surface area (Å²) in [6, 6.07) is 10.7. The topological polar surface area (TPSA) is 175 Å². The van der Waals surface area contributed by atoms with Crippen LogP contribution in [0.4, 0.5) is 5.95 Å². The second kappa shape index (κ2) is 11.0. The smallest absolute Gasteiger partial charge is 0.326 e. The van der Waals surface area contributed by atoms with E-state index < -0.39 is 28.2 Å². The molecule has 184 valence electrons. The Balaban J connectivity index is 1.79. The van der Waals surface area contributed by atoms with E-state index in [1.54, 1.807) is 36.4 Å². The zero-order valence-corrected chi connectivity index (χ0v) is 21.4. The number of nitrogens with one attached hydrogen (secondary N) is 2. The van der Waals surface area contributed by atoms with E-state index in [-0.39, 0.29) is 29.9 Å². The van der Waals surface area contributed by atoms with Gasteiger partial charge in [0.05, 0.1) is 15.2 Å². The molecule has 0 fully saturated rings. The van der Waals surface area contributed by atoms with Crippen LogP contribution >= 0.6 is 31.9 Å². The summed E-state index contributed by atoms with van der Waals surface area (Å²) in [4.78, 5) is 53.5. The number of nitrogen functional groups attached to an aromatic ring is 1. The predicted molar refractivity (Wildman–Crippen MR) is 137 cm³/mol. The highest BCUT2D eigenvalue weighted by Crippen LogP contribution is 2.37. The van der Waals surface area contributed by atoms with E-state index >= 15 is 0 Å². The molecule has 3 rings (SSSR count). The summed E-state index contributed by atoms with van der Waals surface area (Å²) in [5, 5.41) is 21.3. The van der Waals surface area contributed by atoms with Crippen LogP contribution in [0.5, 0.6) is 0 Å². The fourth-order valence-corrected chi connectivity index (χ4v) is 4.66. The molecule has 1 aromatic heterocycles. The number of nitrogens with zero attached hydrogens (tertiary/aromatic N) is 1. The number of hydrogen-bond acceptors (Lipinski definition) is 6. The number of carbonyl (C=O) groups excluding carboxylic acids is 1. The normalized spacial score (nSPS) is 13.7. The molecule has 0 bridgehead atoms. The number of benzene rings is 2. The number of aromatic amines is 1. The molecule has 35 heavy (non-hydrogen) atoms. The highest BCUT2D eigenvalue weighted by atomic mass is 79.9. The second-order valence-electron chi connectivity index (χ2n) is 7.95. The minimum absolute atomic E-state index is 0.0474. The lowest BCUT2D eigenvalue weighted by molar-refractivity contribution is -0.140. The Morgan fingerprint density at radius 2 is 1.83 bits per heavy atom. The summed E-state index contributed by atoms with van der Waals surface area (Å²) in [7, 11) is 0. The van der Waals surface area contributed by atoms with Gasteiger partial charge in [0.25, 0.3) is 11.5 Å². The third-order valence-corrected chi connectivity index (χ3v) is 8.13. The van der Waals surface area contributed by atoms with Gasteiger partial charge >= 0.3 is 11.9 Å². The summed E-state index contributed by atoms with van der Waals surface area (Å²) < 4.78 is -0.575. The first-order valence-electron chi connectivity index (χ1n) is 10.4. The molecule has 1 amide bonds. The third kappa shape index (κ3) is 6.45. The van der Waals surface area contributed by atoms with Crippen LogP contribution in [-0.2, 0) is 20.3 Å². The van der Waals surface area contributed by atoms with Gasteiger partial charge in [0.1, 0.15) is 6.04 Å². The molecule has 1 unspecified atom stereocenters. The lowest BCUT2D eigenvalue weighted by Gasteiger charge is -2.26. The average molecular weight is 610 g/mol. The van der Waals surface area contributed by atoms with Crippen LogP contribution in [0, 0.1) is 0 Å². The van der Waals surface area contributed by atoms with Gasteiger partial charge in [-0.1, -0.05) is 50.1 Å². The van der Waals surface area contributed by atoms with Gasteiger partial charge in [-0.2, -0.15) is 0 Å². The number of halogens is 2. The molecule has 2 atom stereocenters. The van der Waals surface area contributed by atoms with Crippen LogP contribution in [0.3, 0.4) is 0 Å². The number of amides is 1. The molecule has 0 aliphatic carbocycles. The van der Waals surface area contributed by atoms with Gasteiger partial charge in [0.2, 0.25) is 5.95 Å². The van der Waals surface area contributed by atoms with Crippen molar-refractivity contribution in [3.63, 3.8) is 0 Å². The van der Waals surface area contributed by atoms with E-state index in [9.17, 15) is 24.3 Å². The van der Waals surface area contributed by atoms with Crippen LogP contribution in [0.2, 0.25) is 0 Å². The fourth-order valence-electron chi connectivity index (χ4n) is 3.55. The van der Waals surface area contributed by atoms with Crippen LogP contribution in [0.25, 0.3) is 10.9 Å². The summed E-state index contributed by atoms with van der Waals surface area (Å²) in [6.45, 7) is 0. The predicted octanol–water partition coefficient (Wildman–Crippen LogP) is 2.78. The van der Waals surface area contributed by atoms with E-state index in [0.717, 1.165) is 11.1 Å². The Kier molecular flexibility index (Phi) is 8.28. The molecule has 0 spiro atoms. The number of nitrogens with two attached hydrogens (primary N) is 1. The summed E-state index contributed by atoms with van der Waals surface area (Å²) in [5.41, 5.74) is 7.72. The van der Waals surface area contributed by atoms with Crippen LogP contribution < -0.4 is 16.6 Å². The van der Waals surface area contributed by atoms with Crippen molar-refractivity contribution in [3.8, 4) is 0 Å². The highest BCUT2D eigenvalue weighted by molar-refractivity contribution is 9.12. The lowest BCUT2D eigenvalue weighted by atomic mass is 9.92. The number of carboxylic acid groups (broad SMARTS) is 2. The number of aromatic nitrogens is 2. The number of hydrogen-bond donors (Lipinski definition) is 5. The molecule has 0 radical (unpaired) electrons. The number of H-pyrrole nitrogens is 1. The molecule has 1 heterocycles. The molecule has 6 N–H and O–H groups in total. The van der Waals surface area contributed by atoms with E-state index in [1.807, 2.05) is 6.07 Å². The summed E-state index contributed by atoms with van der Waals surface area (Å²) >= 11 is 7.31. The minimum Gasteiger partial charge on any atom is -0.481 e. The SMILES string of the molecule is Nc1nc2ccc(CC(Br)(CBr)c3ccc(C(=O)N[C@@H](CCC(=O)O)C(=O)O)cc3)cc2c(=O)[nH]1. The van der Waals surface area contributed by atoms with Crippen molar-refractivity contribution in [1.29, 1.82) is 0 Å². The van der Waals surface area contributed by atoms with Crippen molar-refractivity contribution in [3.05, 3.63) is 69.5 Å². The number of anilines is 1. The number of alkyl halides is 2. The first kappa shape index (κ1) is 26.4. The van der Waals surface area contributed by atoms with Crippen molar-refractivity contribution in [2.45, 2.75) is 29.6 Å². The Morgan fingerprint density at radius 3 is 2.43 bits per heavy atom. The van der Waals surface area contributed by atoms with Crippen molar-refractivity contribution >= 4 is 66.6 Å². The zero-order chi connectivity index (χ0) is 25.8. The maximum atomic E-state index is 12.5. The molecule has 0 aliphatic rings. The van der Waals surface area contributed by atoms with Crippen molar-refractivity contribution in [1.82, 2.24) is 15.3 Å². The number of aliphatic carboxylic acids is 2. The molecule has 0 saturated carbocycles. The first-order valence-corrected chi connectivity index (χ1v) is 12.3. The largest absolute Gasteiger partial charge is 0.481 e. The molecule has 0 saturated heterocycles. The van der Waals surface area contributed by atoms with Crippen LogP contribution in [0.15, 0.2) is 47.3 Å². The zero-order valence-electron chi connectivity index (χ0n) is 18.3. The maximum absolute atomic E-state index is 12.5. The van der Waals surface area contributed by atoms with Gasteiger partial charge in [-0.3, -0.25) is 19.4 Å². The quantitative estimate of drug-likeness (QED) is 0.218. The van der Waals surface area contributed by atoms with Gasteiger partial charge in [-0.05, 0) is 48.2 Å². The molecule has 10 nitrogen and oxygen atoms in total. The third-order valence-electron chi connectivity index (χ3n) is 5.40. The summed E-state index contributed by atoms with van der Waals surface area (Å²) in [5.74, 6) is -3.02. The average Bonchev–Trinajstić information content (AvgIpc) is 2.81. The van der Waals surface area contributed by atoms with Gasteiger partial charge in [0, 0.05) is 17.3 Å². The molecule has 2 aromatic carbocycles. The second-order valence-corrected chi connectivity index (χ2v) is 10.0. The van der Waals surface area contributed by atoms with Crippen molar-refractivity contribution in [2.75, 3.05) is 11.1 Å². The van der Waals surface area contributed by atoms with Crippen LogP contribution in [-0.4, -0.2) is 49.4 Å². The molecular formula is C23H22Br2N4O6. The maximum Gasteiger partial charge on any atom is 0.326 e. The molecule has 3 aromatic rings. The summed E-state index contributed by atoms with van der Waals surface area (Å²) in [6.07, 6.45) is -0.100. The number of fused-ring (bicyclic) bond motifs is 1. The Hall–Kier alpha value is -3.25. The van der Waals surface area contributed by atoms with E-state index in [0.29, 0.717) is 22.7 Å².